The van der Waals surface area contributed by atoms with Gasteiger partial charge in [-0.15, -0.1) is 0 Å². The monoisotopic (exact) mass is 1410 g/mol. The lowest BCUT2D eigenvalue weighted by Crippen LogP contribution is -2.53. The third-order valence-electron chi connectivity index (χ3n) is 18.8. The minimum absolute atomic E-state index is 0.0164. The molecule has 24 heteroatoms. The molecule has 0 bridgehead atoms. The Labute approximate surface area is 598 Å². The Balaban J connectivity index is 4.16. The maximum Gasteiger partial charge on any atom is 0.408 e. The zero-order valence-corrected chi connectivity index (χ0v) is 65.6. The lowest BCUT2D eigenvalue weighted by molar-refractivity contribution is -0.149. The molecule has 1 rings (SSSR count). The van der Waals surface area contributed by atoms with Crippen LogP contribution in [0, 0.1) is 65.1 Å². The number of nitrogens with one attached hydrogen (secondary N) is 3. The van der Waals surface area contributed by atoms with Gasteiger partial charge in [-0.05, 0) is 128 Å². The number of amides is 7. The molecule has 0 aromatic rings. The first-order valence-corrected chi connectivity index (χ1v) is 36.6. The number of allylic oxidation sites excluding steroid dienone is 2. The number of ether oxygens (including phenoxy) is 3. The molecule has 1 aliphatic heterocycles. The van der Waals surface area contributed by atoms with Crippen LogP contribution in [0.25, 0.3) is 0 Å². The van der Waals surface area contributed by atoms with E-state index >= 15 is 4.79 Å². The molecule has 1 heterocycles. The Kier molecular flexibility index (Phi) is 39.8. The molecule has 0 radical (unpaired) electrons. The molecule has 572 valence electrons. The van der Waals surface area contributed by atoms with Gasteiger partial charge in [0.2, 0.25) is 35.4 Å². The number of alkyl carbamates (subject to hydrolysis) is 1. The average molecular weight is 1410 g/mol. The van der Waals surface area contributed by atoms with Gasteiger partial charge in [-0.1, -0.05) is 116 Å². The lowest BCUT2D eigenvalue weighted by Gasteiger charge is -2.36. The number of ketones is 5. The van der Waals surface area contributed by atoms with Crippen LogP contribution < -0.4 is 16.0 Å². The van der Waals surface area contributed by atoms with Crippen LogP contribution in [0.5, 0.6) is 0 Å². The molecule has 0 spiro atoms. The quantitative estimate of drug-likeness (QED) is 0.0421. The first-order chi connectivity index (χ1) is 46.3. The van der Waals surface area contributed by atoms with Gasteiger partial charge in [-0.2, -0.15) is 0 Å². The van der Waals surface area contributed by atoms with E-state index < -0.39 is 204 Å². The highest BCUT2D eigenvalue weighted by Gasteiger charge is 2.44. The molecule has 4 N–H and O–H groups in total. The van der Waals surface area contributed by atoms with Crippen molar-refractivity contribution in [1.29, 1.82) is 0 Å². The summed E-state index contributed by atoms with van der Waals surface area (Å²) in [7, 11) is 5.81. The third kappa shape index (κ3) is 29.9. The Morgan fingerprint density at radius 2 is 1.12 bits per heavy atom. The summed E-state index contributed by atoms with van der Waals surface area (Å²) in [4.78, 5) is 192. The molecule has 14 atom stereocenters. The van der Waals surface area contributed by atoms with Crippen molar-refractivity contribution < 1.29 is 81.6 Å². The standard InChI is InChI=1S/C76H131N7O17/c1-26-28-31-49(15)68(90)55-42-62(87)66(48(13)14)83(25)72(94)53(36-43(3)4)40-61(86)58(38-45(7)8)80(22)71(93)51(17)77-69(91)50(16)39-60(85)57(37-44(5)6)81(23)73(95)54(46(9)10)41-63(88)67(82(24)64(89)33-32-59(84)56(27-2)78-70(55)92)52(18)98-34-29-30-35-99-74(96)65(47(11)12)79-75(97)100-76(19,20)21/h26,28,43-58,65-68,90H,27,29-42H2,1-25H3,(H,77,91)(H,78,92)(H,79,97)/b28-26+/t49-,50-,51-,52-,53-,54+,55+,56+,57+,58+,65+,66+,67+,68-/m1/s1. The minimum Gasteiger partial charge on any atom is -0.464 e. The van der Waals surface area contributed by atoms with E-state index in [1.807, 2.05) is 47.6 Å². The zero-order valence-electron chi connectivity index (χ0n) is 65.6. The number of esters is 1. The molecule has 0 saturated carbocycles. The number of carbonyl (C=O) groups is 13. The van der Waals surface area contributed by atoms with Gasteiger partial charge in [0.1, 0.15) is 23.7 Å². The van der Waals surface area contributed by atoms with E-state index in [9.17, 15) is 62.6 Å². The summed E-state index contributed by atoms with van der Waals surface area (Å²) in [6, 6.07) is -7.95. The van der Waals surface area contributed by atoms with Crippen LogP contribution in [0.3, 0.4) is 0 Å². The van der Waals surface area contributed by atoms with Crippen LogP contribution in [0.4, 0.5) is 4.79 Å². The second-order valence-electron chi connectivity index (χ2n) is 31.4. The fourth-order valence-corrected chi connectivity index (χ4v) is 12.9. The Morgan fingerprint density at radius 1 is 0.600 bits per heavy atom. The number of carbonyl (C=O) groups excluding carboxylic acids is 13. The van der Waals surface area contributed by atoms with Crippen molar-refractivity contribution in [2.45, 2.75) is 289 Å². The van der Waals surface area contributed by atoms with Crippen LogP contribution in [-0.2, 0) is 71.7 Å². The number of likely N-dealkylation sites (N-methyl/N-ethyl adjacent to an activating group) is 4. The van der Waals surface area contributed by atoms with Crippen LogP contribution >= 0.6 is 0 Å². The maximum atomic E-state index is 15.1. The summed E-state index contributed by atoms with van der Waals surface area (Å²) in [5, 5.41) is 20.1. The van der Waals surface area contributed by atoms with E-state index in [0.29, 0.717) is 19.3 Å². The molecule has 1 fully saturated rings. The number of nitrogens with zero attached hydrogens (tertiary/aromatic N) is 4. The average Bonchev–Trinajstić information content (AvgIpc) is 0.831. The second kappa shape index (κ2) is 43.5. The molecule has 7 amide bonds. The molecule has 1 saturated heterocycles. The molecular formula is C76H131N7O17. The molecule has 100 heavy (non-hydrogen) atoms. The van der Waals surface area contributed by atoms with Crippen molar-refractivity contribution >= 4 is 76.4 Å². The van der Waals surface area contributed by atoms with Gasteiger partial charge in [-0.3, -0.25) is 52.7 Å². The number of unbranched alkanes of at least 4 members (excludes halogenated alkanes) is 1. The van der Waals surface area contributed by atoms with E-state index in [1.54, 1.807) is 96.1 Å². The fourth-order valence-electron chi connectivity index (χ4n) is 12.9. The van der Waals surface area contributed by atoms with Crippen LogP contribution in [0.15, 0.2) is 12.2 Å². The summed E-state index contributed by atoms with van der Waals surface area (Å²) < 4.78 is 17.2. The molecule has 1 aliphatic rings. The predicted octanol–water partition coefficient (Wildman–Crippen LogP) is 9.07. The highest BCUT2D eigenvalue weighted by Crippen LogP contribution is 2.30. The maximum absolute atomic E-state index is 15.1. The number of aliphatic hydroxyl groups excluding tert-OH is 1. The number of Topliss-reactive ketones (excluding diaryl/α,β-unsaturated/α-hetero) is 5. The van der Waals surface area contributed by atoms with E-state index in [-0.39, 0.29) is 75.4 Å². The molecule has 0 aliphatic carbocycles. The van der Waals surface area contributed by atoms with Crippen molar-refractivity contribution in [2.75, 3.05) is 41.4 Å². The van der Waals surface area contributed by atoms with Gasteiger partial charge in [0.15, 0.2) is 28.9 Å². The van der Waals surface area contributed by atoms with Gasteiger partial charge in [-0.25, -0.2) is 9.59 Å². The van der Waals surface area contributed by atoms with Gasteiger partial charge in [0, 0.05) is 91.1 Å². The van der Waals surface area contributed by atoms with Crippen LogP contribution in [0.2, 0.25) is 0 Å². The number of hydrogen-bond donors (Lipinski definition) is 4. The molecule has 24 nitrogen and oxygen atoms in total. The fraction of sp³-hybridized carbons (Fsp3) is 0.803. The molecule has 0 unspecified atom stereocenters. The Morgan fingerprint density at radius 3 is 1.62 bits per heavy atom. The summed E-state index contributed by atoms with van der Waals surface area (Å²) in [5.74, 6) is -13.6. The van der Waals surface area contributed by atoms with Crippen molar-refractivity contribution in [1.82, 2.24) is 35.6 Å². The van der Waals surface area contributed by atoms with Crippen LogP contribution in [-0.4, -0.2) is 203 Å². The van der Waals surface area contributed by atoms with E-state index in [2.05, 4.69) is 16.0 Å². The van der Waals surface area contributed by atoms with Crippen molar-refractivity contribution in [3.05, 3.63) is 12.2 Å². The number of hydrogen-bond acceptors (Lipinski definition) is 17. The SMILES string of the molecule is C/C=C/C[C@@H](C)[C@@H](O)[C@@H]1CC(=O)[C@H](C(C)C)N(C)C(=O)[C@H](CC(C)C)CC(=O)[C@H](CC(C)C)N(C)C(=O)[C@@H](C)NC(=O)[C@H](C)CC(=O)[C@H](CC(C)C)N(C)C(=O)[C@H](C(C)C)CC(=O)[C@H]([C@@H](C)OCCCCOC(=O)[C@@H](NC(=O)OC(C)(C)C)C(C)C)N(C)C(=O)CCC(=O)[C@H](CC)NC1=O. The topological polar surface area (TPSA) is 319 Å². The van der Waals surface area contributed by atoms with E-state index in [0.717, 1.165) is 0 Å². The first-order valence-electron chi connectivity index (χ1n) is 36.6. The first kappa shape index (κ1) is 91.6. The van der Waals surface area contributed by atoms with Crippen LogP contribution in [0.1, 0.15) is 229 Å². The zero-order chi connectivity index (χ0) is 77.1. The molecule has 0 aromatic heterocycles. The van der Waals surface area contributed by atoms with Gasteiger partial charge < -0.3 is 54.9 Å². The second-order valence-corrected chi connectivity index (χ2v) is 31.4. The predicted molar refractivity (Wildman–Crippen MR) is 385 cm³/mol. The largest absolute Gasteiger partial charge is 0.464 e. The Hall–Kier alpha value is -6.43. The highest BCUT2D eigenvalue weighted by atomic mass is 16.6. The molecule has 0 aromatic carbocycles. The van der Waals surface area contributed by atoms with Crippen molar-refractivity contribution in [3.63, 3.8) is 0 Å². The van der Waals surface area contributed by atoms with Gasteiger partial charge in [0.05, 0.1) is 48.9 Å². The summed E-state index contributed by atoms with van der Waals surface area (Å²) in [6.07, 6.45) is -0.427. The summed E-state index contributed by atoms with van der Waals surface area (Å²) in [5.41, 5.74) is -0.800. The third-order valence-corrected chi connectivity index (χ3v) is 18.8. The van der Waals surface area contributed by atoms with E-state index in [1.165, 1.54) is 61.6 Å². The molecular weight excluding hydrogens is 1280 g/mol. The number of aliphatic hydroxyl groups is 1. The van der Waals surface area contributed by atoms with E-state index in [4.69, 9.17) is 14.2 Å². The van der Waals surface area contributed by atoms with Crippen molar-refractivity contribution in [3.8, 4) is 0 Å². The van der Waals surface area contributed by atoms with Gasteiger partial charge in [0.25, 0.3) is 0 Å². The van der Waals surface area contributed by atoms with Crippen molar-refractivity contribution in [2.24, 2.45) is 65.1 Å². The number of rotatable bonds is 23. The minimum atomic E-state index is -1.42. The summed E-state index contributed by atoms with van der Waals surface area (Å²) in [6.45, 7) is 36.7. The highest BCUT2D eigenvalue weighted by molar-refractivity contribution is 5.99. The smallest absolute Gasteiger partial charge is 0.408 e. The summed E-state index contributed by atoms with van der Waals surface area (Å²) >= 11 is 0. The Bertz CT molecular complexity index is 2760. The normalized spacial score (nSPS) is 25.4. The van der Waals surface area contributed by atoms with Gasteiger partial charge >= 0.3 is 12.1 Å². The lowest BCUT2D eigenvalue weighted by atomic mass is 9.82.